The Bertz CT molecular complexity index is 4920. The molecule has 0 saturated carbocycles. The lowest BCUT2D eigenvalue weighted by Gasteiger charge is -2.20. The van der Waals surface area contributed by atoms with Crippen LogP contribution in [0.25, 0.3) is 0 Å². The maximum Gasteiger partial charge on any atom is 0.416 e. The standard InChI is InChI=1S/C12H18FNO.C12H15N.C11H14F3N.C11H15F2N.3C11H17NO.3C11H17N/c1-9(13)15-11-5-10(7-14-8-11)6-12(2,3)4;1-5-10-6-11(9-13-8-10)7-12(2,3)4;1-10(2,3)6-8-7-15-5-4-9(8)11(12,13)14;1-11(2,3)5-8-4-9(10(12)13)7-14-6-8;1-11(2,3)6-9-5-10(13-4)8-12-7-9;1-11(2,3)7-9-5-6-10(13-4)12-8-9;1-11(2,3)8-9-6-5-7-12-10(9)13-4;1-9-5-10(8-12-7-9)6-11(2,3)4;1-9-5-6-10(8-12-9)7-11(2,3)4;1-9-10(6-5-7-12-9)8-11(2,3)4/h5,7-9H,6H2,1-4H3;1,6,8-9H,7H2,2-4H3;4-5,7H,6H2,1-3H3;4,6-7,10H,5H2,1-3H3;5,7-8H,6H2,1-4H3;5-6,8H,7H2,1-4H3;5-7H,8H2,1-4H3;5,7-8H,6H2,1-4H3;5-6,8H,7H2,1-4H3;5-7H,8H2,1-4H3. The van der Waals surface area contributed by atoms with Crippen molar-refractivity contribution in [3.63, 3.8) is 0 Å². The predicted molar refractivity (Wildman–Crippen MR) is 537 cm³/mol. The van der Waals surface area contributed by atoms with Gasteiger partial charge in [-0.2, -0.15) is 13.2 Å². The van der Waals surface area contributed by atoms with E-state index in [1.165, 1.54) is 82.3 Å². The highest BCUT2D eigenvalue weighted by Gasteiger charge is 2.34. The van der Waals surface area contributed by atoms with Crippen LogP contribution in [0.1, 0.15) is 310 Å². The fourth-order valence-electron chi connectivity index (χ4n) is 13.1. The van der Waals surface area contributed by atoms with E-state index in [0.29, 0.717) is 45.1 Å². The quantitative estimate of drug-likeness (QED) is 0.0662. The monoisotopic (exact) mass is 1830 g/mol. The molecule has 10 rings (SSSR count). The highest BCUT2D eigenvalue weighted by atomic mass is 19.4. The van der Waals surface area contributed by atoms with Crippen molar-refractivity contribution in [2.45, 2.75) is 319 Å². The van der Waals surface area contributed by atoms with Gasteiger partial charge in [0, 0.05) is 128 Å². The Balaban J connectivity index is 0.000000734. The van der Waals surface area contributed by atoms with Gasteiger partial charge in [-0.1, -0.05) is 244 Å². The average molecular weight is 1830 g/mol. The van der Waals surface area contributed by atoms with Gasteiger partial charge < -0.3 is 18.9 Å². The van der Waals surface area contributed by atoms with E-state index >= 15 is 0 Å². The summed E-state index contributed by atoms with van der Waals surface area (Å²) in [5.41, 5.74) is 17.3. The van der Waals surface area contributed by atoms with Gasteiger partial charge in [0.25, 0.3) is 6.43 Å². The molecule has 20 heteroatoms. The molecule has 0 aliphatic carbocycles. The van der Waals surface area contributed by atoms with E-state index in [2.05, 4.69) is 293 Å². The van der Waals surface area contributed by atoms with Crippen LogP contribution in [0.2, 0.25) is 0 Å². The van der Waals surface area contributed by atoms with Gasteiger partial charge in [0.15, 0.2) is 0 Å². The van der Waals surface area contributed by atoms with Gasteiger partial charge in [0.2, 0.25) is 18.1 Å². The van der Waals surface area contributed by atoms with Crippen LogP contribution in [-0.2, 0) is 70.4 Å². The van der Waals surface area contributed by atoms with Crippen molar-refractivity contribution in [2.24, 2.45) is 54.1 Å². The summed E-state index contributed by atoms with van der Waals surface area (Å²) in [6, 6.07) is 27.1. The van der Waals surface area contributed by atoms with Crippen LogP contribution in [0.15, 0.2) is 184 Å². The van der Waals surface area contributed by atoms with Gasteiger partial charge in [-0.05, 0) is 243 Å². The van der Waals surface area contributed by atoms with E-state index in [1.54, 1.807) is 52.3 Å². The number of rotatable bonds is 16. The molecule has 14 nitrogen and oxygen atoms in total. The summed E-state index contributed by atoms with van der Waals surface area (Å²) in [6.45, 7) is 72.7. The second kappa shape index (κ2) is 55.5. The number of aryl methyl sites for hydroxylation is 3. The molecule has 132 heavy (non-hydrogen) atoms. The second-order valence-corrected chi connectivity index (χ2v) is 45.8. The summed E-state index contributed by atoms with van der Waals surface area (Å²) in [7, 11) is 4.96. The van der Waals surface area contributed by atoms with Crippen LogP contribution in [0.4, 0.5) is 26.3 Å². The van der Waals surface area contributed by atoms with Crippen molar-refractivity contribution in [3.8, 4) is 35.6 Å². The third-order valence-corrected chi connectivity index (χ3v) is 17.7. The van der Waals surface area contributed by atoms with Gasteiger partial charge in [-0.3, -0.25) is 39.9 Å². The van der Waals surface area contributed by atoms with E-state index in [9.17, 15) is 26.3 Å². The molecule has 1 unspecified atom stereocenters. The molecular formula is C112H164F6N10O4. The van der Waals surface area contributed by atoms with Crippen molar-refractivity contribution in [1.82, 2.24) is 49.8 Å². The highest BCUT2D eigenvalue weighted by molar-refractivity contribution is 5.33. The summed E-state index contributed by atoms with van der Waals surface area (Å²) in [5, 5.41) is 0. The first-order valence-electron chi connectivity index (χ1n) is 45.5. The van der Waals surface area contributed by atoms with E-state index < -0.39 is 24.5 Å². The number of hydrogen-bond donors (Lipinski definition) is 0. The zero-order valence-electron chi connectivity index (χ0n) is 87.5. The third-order valence-electron chi connectivity index (χ3n) is 17.7. The fraction of sp³-hybridized carbons (Fsp3) is 0.536. The molecule has 10 heterocycles. The minimum atomic E-state index is -4.29. The molecule has 0 bridgehead atoms. The number of nitrogens with zero attached hydrogens (tertiary/aromatic N) is 10. The minimum absolute atomic E-state index is 0.00625. The van der Waals surface area contributed by atoms with Crippen LogP contribution in [0.5, 0.6) is 23.3 Å². The molecule has 0 aliphatic rings. The van der Waals surface area contributed by atoms with Gasteiger partial charge in [0.05, 0.1) is 39.3 Å². The molecule has 0 aromatic carbocycles. The van der Waals surface area contributed by atoms with Crippen molar-refractivity contribution < 1.29 is 45.3 Å². The lowest BCUT2D eigenvalue weighted by atomic mass is 9.87. The van der Waals surface area contributed by atoms with Crippen molar-refractivity contribution in [2.75, 3.05) is 21.3 Å². The summed E-state index contributed by atoms with van der Waals surface area (Å²) in [4.78, 5) is 40.8. The molecule has 0 saturated heterocycles. The fourth-order valence-corrected chi connectivity index (χ4v) is 13.1. The maximum atomic E-state index is 12.6. The summed E-state index contributed by atoms with van der Waals surface area (Å²) >= 11 is 0. The molecule has 0 amide bonds. The first-order chi connectivity index (χ1) is 60.4. The normalized spacial score (nSPS) is 11.9. The number of methoxy groups -OCH3 is 3. The number of alkyl halides is 6. The molecule has 0 radical (unpaired) electrons. The van der Waals surface area contributed by atoms with Crippen LogP contribution in [0.3, 0.4) is 0 Å². The summed E-state index contributed by atoms with van der Waals surface area (Å²) in [5.74, 6) is 5.34. The minimum Gasteiger partial charge on any atom is -0.495 e. The van der Waals surface area contributed by atoms with E-state index in [0.717, 1.165) is 104 Å². The van der Waals surface area contributed by atoms with Gasteiger partial charge in [-0.25, -0.2) is 23.1 Å². The molecular weight excluding hydrogens is 1660 g/mol. The molecule has 728 valence electrons. The van der Waals surface area contributed by atoms with E-state index in [4.69, 9.17) is 25.4 Å². The molecule has 0 spiro atoms. The van der Waals surface area contributed by atoms with Crippen molar-refractivity contribution in [3.05, 3.63) is 273 Å². The number of hydrogen-bond acceptors (Lipinski definition) is 14. The number of aromatic nitrogens is 10. The van der Waals surface area contributed by atoms with Crippen molar-refractivity contribution in [1.29, 1.82) is 0 Å². The smallest absolute Gasteiger partial charge is 0.416 e. The lowest BCUT2D eigenvalue weighted by molar-refractivity contribution is -0.138. The van der Waals surface area contributed by atoms with E-state index in [-0.39, 0.29) is 38.2 Å². The number of terminal acetylenes is 1. The second-order valence-electron chi connectivity index (χ2n) is 45.8. The van der Waals surface area contributed by atoms with Gasteiger partial charge >= 0.3 is 6.18 Å². The molecule has 0 N–H and O–H groups in total. The summed E-state index contributed by atoms with van der Waals surface area (Å²) in [6.07, 6.45) is 33.9. The zero-order valence-corrected chi connectivity index (χ0v) is 87.5. The largest absolute Gasteiger partial charge is 0.495 e. The Morgan fingerprint density at radius 1 is 0.333 bits per heavy atom. The van der Waals surface area contributed by atoms with Gasteiger partial charge in [0.1, 0.15) is 11.5 Å². The summed E-state index contributed by atoms with van der Waals surface area (Å²) < 4.78 is 95.3. The highest BCUT2D eigenvalue weighted by Crippen LogP contribution is 2.36. The van der Waals surface area contributed by atoms with Crippen LogP contribution >= 0.6 is 0 Å². The molecule has 10 aromatic rings. The molecule has 1 atom stereocenters. The third kappa shape index (κ3) is 62.3. The van der Waals surface area contributed by atoms with E-state index in [1.807, 2.05) is 107 Å². The Hall–Kier alpha value is -10.2. The Morgan fingerprint density at radius 3 is 1.11 bits per heavy atom. The molecule has 0 fully saturated rings. The first-order valence-corrected chi connectivity index (χ1v) is 45.5. The van der Waals surface area contributed by atoms with Crippen LogP contribution in [-0.4, -0.2) is 77.5 Å². The van der Waals surface area contributed by atoms with Crippen LogP contribution in [0, 0.1) is 87.3 Å². The van der Waals surface area contributed by atoms with Crippen LogP contribution < -0.4 is 18.9 Å². The molecule has 10 aromatic heterocycles. The predicted octanol–water partition coefficient (Wildman–Crippen LogP) is 30.3. The number of ether oxygens (including phenoxy) is 4. The average Bonchev–Trinajstić information content (AvgIpc) is 0.822. The topological polar surface area (TPSA) is 166 Å². The zero-order chi connectivity index (χ0) is 101. The van der Waals surface area contributed by atoms with Crippen molar-refractivity contribution >= 4 is 0 Å². The Morgan fingerprint density at radius 2 is 0.720 bits per heavy atom. The maximum absolute atomic E-state index is 12.6. The first kappa shape index (κ1) is 120. The van der Waals surface area contributed by atoms with Gasteiger partial charge in [-0.15, -0.1) is 6.42 Å². The molecule has 0 aliphatic heterocycles. The SMILES string of the molecule is C#Cc1cncc(CC(C)(C)C)c1.CC(C)(C)Cc1cncc(C(F)F)c1.CC(C)(C)Cc1cnccc1C(F)(F)F.CC(F)Oc1cncc(CC(C)(C)C)c1.COc1ccc(CC(C)(C)C)cn1.COc1cncc(CC(C)(C)C)c1.COc1ncccc1CC(C)(C)C.Cc1ccc(CC(C)(C)C)cn1.Cc1cncc(CC(C)(C)C)c1.Cc1ncccc1CC(C)(C)C. The Labute approximate surface area is 793 Å². The lowest BCUT2D eigenvalue weighted by Crippen LogP contribution is -2.15. The number of pyridine rings is 10. The number of halogens is 6. The Kier molecular flexibility index (Phi) is 50.4.